The number of aryl methyl sites for hydroxylation is 1. The molecule has 2 aliphatic heterocycles. The first kappa shape index (κ1) is 19.5. The van der Waals surface area contributed by atoms with Gasteiger partial charge in [0, 0.05) is 10.5 Å². The fraction of sp³-hybridized carbons (Fsp3) is 0.120. The summed E-state index contributed by atoms with van der Waals surface area (Å²) in [6.07, 6.45) is 0. The number of hydrogen-bond acceptors (Lipinski definition) is 5. The van der Waals surface area contributed by atoms with E-state index in [-0.39, 0.29) is 11.7 Å². The van der Waals surface area contributed by atoms with Crippen LogP contribution in [0.15, 0.2) is 88.3 Å². The SMILES string of the molecule is COc1ccc(C)cc1N1C(=N)C(=C2Nc3ccccc3S2)C(c2ccccc2)C1=O. The van der Waals surface area contributed by atoms with Crippen molar-refractivity contribution in [3.63, 3.8) is 0 Å². The van der Waals surface area contributed by atoms with E-state index in [1.54, 1.807) is 18.9 Å². The minimum atomic E-state index is -0.566. The van der Waals surface area contributed by atoms with Crippen LogP contribution in [-0.2, 0) is 4.79 Å². The van der Waals surface area contributed by atoms with Gasteiger partial charge in [-0.2, -0.15) is 0 Å². The van der Waals surface area contributed by atoms with E-state index in [4.69, 9.17) is 10.1 Å². The van der Waals surface area contributed by atoms with E-state index in [9.17, 15) is 4.79 Å². The maximum absolute atomic E-state index is 13.8. The lowest BCUT2D eigenvalue weighted by atomic mass is 9.93. The maximum Gasteiger partial charge on any atom is 0.245 e. The molecule has 1 unspecified atom stereocenters. The summed E-state index contributed by atoms with van der Waals surface area (Å²) in [5, 5.41) is 13.3. The maximum atomic E-state index is 13.8. The molecule has 0 spiro atoms. The van der Waals surface area contributed by atoms with Crippen LogP contribution in [0.2, 0.25) is 0 Å². The molecule has 0 saturated carbocycles. The number of thioether (sulfide) groups is 1. The van der Waals surface area contributed by atoms with Gasteiger partial charge in [0.1, 0.15) is 11.6 Å². The molecule has 0 bridgehead atoms. The molecule has 2 aliphatic rings. The highest BCUT2D eigenvalue weighted by Gasteiger charge is 2.46. The average Bonchev–Trinajstić information content (AvgIpc) is 3.32. The number of benzene rings is 3. The van der Waals surface area contributed by atoms with Gasteiger partial charge in [-0.3, -0.25) is 15.1 Å². The van der Waals surface area contributed by atoms with E-state index in [0.29, 0.717) is 17.0 Å². The highest BCUT2D eigenvalue weighted by molar-refractivity contribution is 8.03. The van der Waals surface area contributed by atoms with Crippen molar-refractivity contribution < 1.29 is 9.53 Å². The Hall–Kier alpha value is -3.51. The molecule has 6 heteroatoms. The summed E-state index contributed by atoms with van der Waals surface area (Å²) in [5.74, 6) is 0.0202. The molecular weight excluding hydrogens is 406 g/mol. The third kappa shape index (κ3) is 3.20. The minimum absolute atomic E-state index is 0.152. The number of hydrogen-bond donors (Lipinski definition) is 2. The molecule has 1 atom stereocenters. The normalized spacial score (nSPS) is 20.1. The molecule has 3 aromatic rings. The van der Waals surface area contributed by atoms with Crippen LogP contribution < -0.4 is 15.0 Å². The van der Waals surface area contributed by atoms with E-state index in [1.807, 2.05) is 79.7 Å². The highest BCUT2D eigenvalue weighted by atomic mass is 32.2. The van der Waals surface area contributed by atoms with E-state index in [2.05, 4.69) is 5.32 Å². The predicted octanol–water partition coefficient (Wildman–Crippen LogP) is 5.54. The number of para-hydroxylation sites is 1. The van der Waals surface area contributed by atoms with Gasteiger partial charge in [0.2, 0.25) is 5.91 Å². The molecule has 1 saturated heterocycles. The van der Waals surface area contributed by atoms with Gasteiger partial charge >= 0.3 is 0 Å². The van der Waals surface area contributed by atoms with Crippen molar-refractivity contribution in [2.24, 2.45) is 0 Å². The van der Waals surface area contributed by atoms with E-state index >= 15 is 0 Å². The second kappa shape index (κ2) is 7.63. The van der Waals surface area contributed by atoms with E-state index in [1.165, 1.54) is 4.90 Å². The van der Waals surface area contributed by atoms with Crippen LogP contribution in [0.3, 0.4) is 0 Å². The van der Waals surface area contributed by atoms with Gasteiger partial charge in [-0.1, -0.05) is 60.3 Å². The van der Waals surface area contributed by atoms with Crippen LogP contribution in [0.25, 0.3) is 0 Å². The largest absolute Gasteiger partial charge is 0.495 e. The van der Waals surface area contributed by atoms with Crippen LogP contribution in [-0.4, -0.2) is 18.9 Å². The zero-order chi connectivity index (χ0) is 21.5. The first-order chi connectivity index (χ1) is 15.1. The lowest BCUT2D eigenvalue weighted by molar-refractivity contribution is -0.117. The Bertz CT molecular complexity index is 1210. The van der Waals surface area contributed by atoms with Crippen molar-refractivity contribution in [1.82, 2.24) is 0 Å². The Morgan fingerprint density at radius 1 is 1.03 bits per heavy atom. The molecule has 3 aromatic carbocycles. The molecule has 0 radical (unpaired) electrons. The molecule has 5 rings (SSSR count). The fourth-order valence-corrected chi connectivity index (χ4v) is 5.15. The first-order valence-corrected chi connectivity index (χ1v) is 10.8. The lowest BCUT2D eigenvalue weighted by Crippen LogP contribution is -2.30. The first-order valence-electron chi connectivity index (χ1n) is 9.99. The number of nitrogens with zero attached hydrogens (tertiary/aromatic N) is 1. The molecular formula is C25H21N3O2S. The summed E-state index contributed by atoms with van der Waals surface area (Å²) in [6, 6.07) is 23.4. The molecule has 154 valence electrons. The topological polar surface area (TPSA) is 65.4 Å². The summed E-state index contributed by atoms with van der Waals surface area (Å²) in [4.78, 5) is 16.4. The van der Waals surface area contributed by atoms with Gasteiger partial charge in [0.15, 0.2) is 0 Å². The molecule has 31 heavy (non-hydrogen) atoms. The Kier molecular flexibility index (Phi) is 4.79. The molecule has 0 aromatic heterocycles. The lowest BCUT2D eigenvalue weighted by Gasteiger charge is -2.20. The van der Waals surface area contributed by atoms with Crippen LogP contribution in [0, 0.1) is 12.3 Å². The summed E-state index contributed by atoms with van der Waals surface area (Å²) in [5.41, 5.74) is 4.13. The van der Waals surface area contributed by atoms with E-state index < -0.39 is 5.92 Å². The second-order valence-corrected chi connectivity index (χ2v) is 8.56. The van der Waals surface area contributed by atoms with Crippen molar-refractivity contribution in [2.45, 2.75) is 17.7 Å². The number of carbonyl (C=O) groups excluding carboxylic acids is 1. The molecule has 1 fully saturated rings. The number of fused-ring (bicyclic) bond motifs is 1. The van der Waals surface area contributed by atoms with Crippen molar-refractivity contribution in [1.29, 1.82) is 5.41 Å². The van der Waals surface area contributed by atoms with Gasteiger partial charge in [-0.25, -0.2) is 0 Å². The quantitative estimate of drug-likeness (QED) is 0.576. The minimum Gasteiger partial charge on any atom is -0.495 e. The van der Waals surface area contributed by atoms with E-state index in [0.717, 1.165) is 26.7 Å². The Morgan fingerprint density at radius 3 is 2.52 bits per heavy atom. The van der Waals surface area contributed by atoms with Crippen molar-refractivity contribution in [3.8, 4) is 5.75 Å². The Morgan fingerprint density at radius 2 is 1.77 bits per heavy atom. The Balaban J connectivity index is 1.68. The zero-order valence-corrected chi connectivity index (χ0v) is 18.0. The number of rotatable bonds is 3. The summed E-state index contributed by atoms with van der Waals surface area (Å²) < 4.78 is 5.53. The smallest absolute Gasteiger partial charge is 0.245 e. The molecule has 0 aliphatic carbocycles. The van der Waals surface area contributed by atoms with Gasteiger partial charge < -0.3 is 10.1 Å². The summed E-state index contributed by atoms with van der Waals surface area (Å²) in [7, 11) is 1.58. The van der Waals surface area contributed by atoms with Crippen LogP contribution in [0.4, 0.5) is 11.4 Å². The third-order valence-corrected chi connectivity index (χ3v) is 6.64. The van der Waals surface area contributed by atoms with Crippen molar-refractivity contribution in [3.05, 3.63) is 94.5 Å². The number of methoxy groups -OCH3 is 1. The fourth-order valence-electron chi connectivity index (χ4n) is 4.07. The molecule has 2 N–H and O–H groups in total. The average molecular weight is 428 g/mol. The standard InChI is InChI=1S/C25H21N3O2S/c1-15-12-13-19(30-2)18(14-15)28-23(26)22(21(25(28)29)16-8-4-3-5-9-16)24-27-17-10-6-7-11-20(17)31-24/h3-14,21,26-27H,1-2H3. The number of carbonyl (C=O) groups is 1. The third-order valence-electron chi connectivity index (χ3n) is 5.53. The molecule has 1 amide bonds. The van der Waals surface area contributed by atoms with Crippen molar-refractivity contribution in [2.75, 3.05) is 17.3 Å². The molecule has 5 nitrogen and oxygen atoms in total. The van der Waals surface area contributed by atoms with Gasteiger partial charge in [0.25, 0.3) is 0 Å². The number of ether oxygens (including phenoxy) is 1. The summed E-state index contributed by atoms with van der Waals surface area (Å²) in [6.45, 7) is 1.96. The Labute approximate surface area is 185 Å². The highest BCUT2D eigenvalue weighted by Crippen LogP contribution is 2.48. The van der Waals surface area contributed by atoms with Gasteiger partial charge in [-0.15, -0.1) is 0 Å². The number of nitrogens with one attached hydrogen (secondary N) is 2. The van der Waals surface area contributed by atoms with Crippen molar-refractivity contribution >= 4 is 34.9 Å². The number of amidine groups is 1. The number of anilines is 2. The second-order valence-electron chi connectivity index (χ2n) is 7.51. The van der Waals surface area contributed by atoms with Gasteiger partial charge in [-0.05, 0) is 42.3 Å². The monoisotopic (exact) mass is 427 g/mol. The molecule has 2 heterocycles. The summed E-state index contributed by atoms with van der Waals surface area (Å²) >= 11 is 1.57. The van der Waals surface area contributed by atoms with Gasteiger partial charge in [0.05, 0.1) is 29.4 Å². The predicted molar refractivity (Wildman–Crippen MR) is 125 cm³/mol. The zero-order valence-electron chi connectivity index (χ0n) is 17.2. The van der Waals surface area contributed by atoms with Crippen LogP contribution in [0.1, 0.15) is 17.0 Å². The van der Waals surface area contributed by atoms with Crippen LogP contribution >= 0.6 is 11.8 Å². The number of amides is 1. The van der Waals surface area contributed by atoms with Crippen LogP contribution in [0.5, 0.6) is 5.75 Å².